The molecule has 0 aliphatic heterocycles. The third-order valence-corrected chi connectivity index (χ3v) is 4.16. The van der Waals surface area contributed by atoms with Gasteiger partial charge in [-0.2, -0.15) is 0 Å². The number of rotatable bonds is 6. The average molecular weight is 256 g/mol. The largest absolute Gasteiger partial charge is 0.344 e. The van der Waals surface area contributed by atoms with E-state index in [4.69, 9.17) is 0 Å². The zero-order chi connectivity index (χ0) is 12.4. The predicted octanol–water partition coefficient (Wildman–Crippen LogP) is 1.38. The van der Waals surface area contributed by atoms with Crippen molar-refractivity contribution >= 4 is 11.8 Å². The van der Waals surface area contributed by atoms with Gasteiger partial charge in [0.15, 0.2) is 5.16 Å². The van der Waals surface area contributed by atoms with E-state index < -0.39 is 0 Å². The molecule has 0 radical (unpaired) electrons. The molecule has 1 aromatic rings. The Bertz CT molecular complexity index is 423. The molecule has 2 rings (SSSR count). The van der Waals surface area contributed by atoms with E-state index in [1.807, 2.05) is 11.6 Å². The van der Waals surface area contributed by atoms with Crippen LogP contribution in [0.3, 0.4) is 0 Å². The molecule has 0 spiro atoms. The van der Waals surface area contributed by atoms with Crippen molar-refractivity contribution < 1.29 is 0 Å². The van der Waals surface area contributed by atoms with Crippen LogP contribution in [0.25, 0.3) is 0 Å². The van der Waals surface area contributed by atoms with Gasteiger partial charge in [0, 0.05) is 17.3 Å². The normalized spacial score (nSPS) is 19.2. The Morgan fingerprint density at radius 1 is 1.59 bits per heavy atom. The van der Waals surface area contributed by atoms with Gasteiger partial charge in [0.05, 0.1) is 0 Å². The zero-order valence-corrected chi connectivity index (χ0v) is 11.4. The summed E-state index contributed by atoms with van der Waals surface area (Å²) in [6.07, 6.45) is 3.27. The highest BCUT2D eigenvalue weighted by molar-refractivity contribution is 7.99. The van der Waals surface area contributed by atoms with Gasteiger partial charge in [0.2, 0.25) is 0 Å². The fourth-order valence-electron chi connectivity index (χ4n) is 1.87. The van der Waals surface area contributed by atoms with Crippen molar-refractivity contribution in [3.63, 3.8) is 0 Å². The van der Waals surface area contributed by atoms with Crippen LogP contribution < -0.4 is 11.0 Å². The van der Waals surface area contributed by atoms with Crippen LogP contribution in [-0.2, 0) is 0 Å². The van der Waals surface area contributed by atoms with E-state index in [0.717, 1.165) is 24.4 Å². The Kier molecular flexibility index (Phi) is 3.93. The molecular weight excluding hydrogens is 236 g/mol. The number of H-pyrrole nitrogens is 1. The summed E-state index contributed by atoms with van der Waals surface area (Å²) in [6.45, 7) is 4.34. The van der Waals surface area contributed by atoms with Crippen molar-refractivity contribution in [2.24, 2.45) is 0 Å². The number of hydrogen-bond donors (Lipinski definition) is 2. The van der Waals surface area contributed by atoms with Crippen molar-refractivity contribution in [1.82, 2.24) is 20.1 Å². The lowest BCUT2D eigenvalue weighted by Crippen LogP contribution is -2.24. The molecule has 1 aliphatic rings. The first-order valence-electron chi connectivity index (χ1n) is 6.12. The van der Waals surface area contributed by atoms with Crippen LogP contribution >= 0.6 is 11.8 Å². The average Bonchev–Trinajstić information content (AvgIpc) is 3.05. The Morgan fingerprint density at radius 3 is 2.88 bits per heavy atom. The Hall–Kier alpha value is -0.750. The molecule has 2 unspecified atom stereocenters. The third kappa shape index (κ3) is 3.13. The highest BCUT2D eigenvalue weighted by Gasteiger charge is 2.29. The molecule has 0 bridgehead atoms. The summed E-state index contributed by atoms with van der Waals surface area (Å²) in [5, 5.41) is 11.2. The Morgan fingerprint density at radius 2 is 2.29 bits per heavy atom. The molecule has 96 valence electrons. The first-order chi connectivity index (χ1) is 8.11. The molecule has 1 aliphatic carbocycles. The van der Waals surface area contributed by atoms with E-state index in [0.29, 0.717) is 17.3 Å². The maximum absolute atomic E-state index is 11.6. The van der Waals surface area contributed by atoms with E-state index in [2.05, 4.69) is 29.4 Å². The molecule has 0 saturated heterocycles. The van der Waals surface area contributed by atoms with Crippen LogP contribution in [-0.4, -0.2) is 33.1 Å². The van der Waals surface area contributed by atoms with E-state index in [1.165, 1.54) is 0 Å². The van der Waals surface area contributed by atoms with Crippen LogP contribution in [0, 0.1) is 0 Å². The maximum atomic E-state index is 11.6. The molecule has 6 heteroatoms. The minimum absolute atomic E-state index is 0.0659. The summed E-state index contributed by atoms with van der Waals surface area (Å²) in [5.41, 5.74) is -0.0659. The molecule has 17 heavy (non-hydrogen) atoms. The van der Waals surface area contributed by atoms with Gasteiger partial charge in [-0.1, -0.05) is 18.7 Å². The maximum Gasteiger partial charge on any atom is 0.344 e. The molecule has 1 heterocycles. The van der Waals surface area contributed by atoms with Gasteiger partial charge >= 0.3 is 5.69 Å². The molecule has 5 nitrogen and oxygen atoms in total. The predicted molar refractivity (Wildman–Crippen MR) is 69.6 cm³/mol. The van der Waals surface area contributed by atoms with Gasteiger partial charge in [0.1, 0.15) is 0 Å². The lowest BCUT2D eigenvalue weighted by atomic mass is 10.2. The number of nitrogens with one attached hydrogen (secondary N) is 2. The van der Waals surface area contributed by atoms with Crippen molar-refractivity contribution in [2.75, 3.05) is 7.05 Å². The van der Waals surface area contributed by atoms with Crippen LogP contribution in [0.5, 0.6) is 0 Å². The second kappa shape index (κ2) is 5.27. The fourth-order valence-corrected chi connectivity index (χ4v) is 3.06. The summed E-state index contributed by atoms with van der Waals surface area (Å²) < 4.78 is 1.81. The molecule has 0 amide bonds. The molecule has 1 fully saturated rings. The standard InChI is InChI=1S/C11H20N4OS/c1-7(12-3)6-8(2)17-11-14-13-10(16)15(11)9-4-5-9/h7-9,12H,4-6H2,1-3H3,(H,13,16). The third-order valence-electron chi connectivity index (χ3n) is 3.07. The van der Waals surface area contributed by atoms with Crippen LogP contribution in [0.2, 0.25) is 0 Å². The van der Waals surface area contributed by atoms with Crippen molar-refractivity contribution in [2.45, 2.75) is 55.6 Å². The molecule has 0 aromatic carbocycles. The first kappa shape index (κ1) is 12.7. The minimum atomic E-state index is -0.0659. The van der Waals surface area contributed by atoms with Gasteiger partial charge < -0.3 is 5.32 Å². The van der Waals surface area contributed by atoms with Crippen molar-refractivity contribution in [3.05, 3.63) is 10.5 Å². The lowest BCUT2D eigenvalue weighted by Gasteiger charge is -2.15. The number of aromatic nitrogens is 3. The van der Waals surface area contributed by atoms with E-state index in [1.54, 1.807) is 11.8 Å². The molecule has 2 N–H and O–H groups in total. The monoisotopic (exact) mass is 256 g/mol. The molecule has 1 aromatic heterocycles. The summed E-state index contributed by atoms with van der Waals surface area (Å²) >= 11 is 1.68. The van der Waals surface area contributed by atoms with Crippen LogP contribution in [0.1, 0.15) is 39.2 Å². The summed E-state index contributed by atoms with van der Waals surface area (Å²) in [5.74, 6) is 0. The Balaban J connectivity index is 2.00. The summed E-state index contributed by atoms with van der Waals surface area (Å²) in [6, 6.07) is 0.871. The zero-order valence-electron chi connectivity index (χ0n) is 10.6. The van der Waals surface area contributed by atoms with Gasteiger partial charge in [-0.3, -0.25) is 4.57 Å². The molecular formula is C11H20N4OS. The molecule has 1 saturated carbocycles. The van der Waals surface area contributed by atoms with Gasteiger partial charge in [0.25, 0.3) is 0 Å². The van der Waals surface area contributed by atoms with Gasteiger partial charge in [-0.15, -0.1) is 5.10 Å². The number of hydrogen-bond acceptors (Lipinski definition) is 4. The SMILES string of the molecule is CNC(C)CC(C)Sc1n[nH]c(=O)n1C1CC1. The minimum Gasteiger partial charge on any atom is -0.317 e. The quantitative estimate of drug-likeness (QED) is 0.755. The van der Waals surface area contributed by atoms with Gasteiger partial charge in [-0.25, -0.2) is 9.89 Å². The summed E-state index contributed by atoms with van der Waals surface area (Å²) in [7, 11) is 1.97. The number of aromatic amines is 1. The smallest absolute Gasteiger partial charge is 0.317 e. The van der Waals surface area contributed by atoms with Crippen molar-refractivity contribution in [3.8, 4) is 0 Å². The van der Waals surface area contributed by atoms with E-state index in [9.17, 15) is 4.79 Å². The second-order valence-corrected chi connectivity index (χ2v) is 6.17. The summed E-state index contributed by atoms with van der Waals surface area (Å²) in [4.78, 5) is 11.6. The highest BCUT2D eigenvalue weighted by atomic mass is 32.2. The lowest BCUT2D eigenvalue weighted by molar-refractivity contribution is 0.561. The Labute approximate surface area is 105 Å². The van der Waals surface area contributed by atoms with E-state index in [-0.39, 0.29) is 5.69 Å². The fraction of sp³-hybridized carbons (Fsp3) is 0.818. The van der Waals surface area contributed by atoms with Crippen LogP contribution in [0.4, 0.5) is 0 Å². The highest BCUT2D eigenvalue weighted by Crippen LogP contribution is 2.37. The first-order valence-corrected chi connectivity index (χ1v) is 7.00. The van der Waals surface area contributed by atoms with E-state index >= 15 is 0 Å². The number of nitrogens with zero attached hydrogens (tertiary/aromatic N) is 2. The molecule has 2 atom stereocenters. The number of thioether (sulfide) groups is 1. The van der Waals surface area contributed by atoms with Crippen molar-refractivity contribution in [1.29, 1.82) is 0 Å². The second-order valence-electron chi connectivity index (χ2n) is 4.77. The topological polar surface area (TPSA) is 62.7 Å². The van der Waals surface area contributed by atoms with Gasteiger partial charge in [-0.05, 0) is 33.2 Å². The van der Waals surface area contributed by atoms with Crippen LogP contribution in [0.15, 0.2) is 9.95 Å².